The number of aromatic nitrogens is 3. The normalized spacial score (nSPS) is 11.6. The van der Waals surface area contributed by atoms with E-state index >= 15 is 0 Å². The monoisotopic (exact) mass is 309 g/mol. The number of hydrogen-bond acceptors (Lipinski definition) is 5. The molecule has 0 fully saturated rings. The van der Waals surface area contributed by atoms with E-state index in [1.54, 1.807) is 32.0 Å². The van der Waals surface area contributed by atoms with E-state index in [2.05, 4.69) is 25.2 Å². The number of aryl methyl sites for hydroxylation is 2. The Balaban J connectivity index is 2.31. The van der Waals surface area contributed by atoms with Crippen LogP contribution in [0.3, 0.4) is 0 Å². The molecule has 0 saturated carbocycles. The van der Waals surface area contributed by atoms with Gasteiger partial charge in [0.1, 0.15) is 5.82 Å². The van der Waals surface area contributed by atoms with Crippen molar-refractivity contribution in [2.45, 2.75) is 32.3 Å². The second-order valence-electron chi connectivity index (χ2n) is 4.68. The standard InChI is InChI=1S/C13H19N5O2S/c1-4-14-8-11-10(3)16-17-13(11)21(19,20)18-12-7-5-6-9(2)15-12/h5-7,14H,4,8H2,1-3H3,(H,15,18)(H,16,17). The van der Waals surface area contributed by atoms with Crippen LogP contribution in [0.15, 0.2) is 23.2 Å². The zero-order valence-corrected chi connectivity index (χ0v) is 13.1. The average Bonchev–Trinajstić information content (AvgIpc) is 2.78. The van der Waals surface area contributed by atoms with Gasteiger partial charge in [-0.1, -0.05) is 13.0 Å². The molecule has 0 amide bonds. The molecule has 0 atom stereocenters. The highest BCUT2D eigenvalue weighted by Gasteiger charge is 2.24. The van der Waals surface area contributed by atoms with Crippen LogP contribution in [0.2, 0.25) is 0 Å². The van der Waals surface area contributed by atoms with E-state index in [9.17, 15) is 8.42 Å². The van der Waals surface area contributed by atoms with E-state index in [1.807, 2.05) is 6.92 Å². The Morgan fingerprint density at radius 1 is 1.29 bits per heavy atom. The quantitative estimate of drug-likeness (QED) is 0.747. The van der Waals surface area contributed by atoms with Crippen LogP contribution in [0.4, 0.5) is 5.82 Å². The van der Waals surface area contributed by atoms with Gasteiger partial charge < -0.3 is 5.32 Å². The molecule has 0 aliphatic carbocycles. The number of pyridine rings is 1. The Hall–Kier alpha value is -1.93. The number of sulfonamides is 1. The van der Waals surface area contributed by atoms with Crippen LogP contribution >= 0.6 is 0 Å². The van der Waals surface area contributed by atoms with E-state index in [-0.39, 0.29) is 10.8 Å². The fourth-order valence-corrected chi connectivity index (χ4v) is 3.10. The van der Waals surface area contributed by atoms with E-state index in [0.717, 1.165) is 17.9 Å². The highest BCUT2D eigenvalue weighted by Crippen LogP contribution is 2.19. The summed E-state index contributed by atoms with van der Waals surface area (Å²) < 4.78 is 27.4. The predicted molar refractivity (Wildman–Crippen MR) is 80.5 cm³/mol. The molecule has 8 heteroatoms. The zero-order chi connectivity index (χ0) is 15.5. The molecule has 7 nitrogen and oxygen atoms in total. The molecule has 0 aliphatic heterocycles. The number of nitrogens with one attached hydrogen (secondary N) is 3. The summed E-state index contributed by atoms with van der Waals surface area (Å²) >= 11 is 0. The Labute approximate surface area is 124 Å². The molecular formula is C13H19N5O2S. The van der Waals surface area contributed by atoms with Crippen LogP contribution in [-0.2, 0) is 16.6 Å². The molecule has 0 bridgehead atoms. The summed E-state index contributed by atoms with van der Waals surface area (Å²) in [6.45, 7) is 6.74. The summed E-state index contributed by atoms with van der Waals surface area (Å²) in [7, 11) is -3.77. The summed E-state index contributed by atoms with van der Waals surface area (Å²) in [5.74, 6) is 0.282. The van der Waals surface area contributed by atoms with Gasteiger partial charge >= 0.3 is 0 Å². The van der Waals surface area contributed by atoms with Crippen LogP contribution in [0, 0.1) is 13.8 Å². The van der Waals surface area contributed by atoms with Crippen molar-refractivity contribution in [3.8, 4) is 0 Å². The summed E-state index contributed by atoms with van der Waals surface area (Å²) in [4.78, 5) is 4.14. The van der Waals surface area contributed by atoms with Crippen LogP contribution in [0.5, 0.6) is 0 Å². The van der Waals surface area contributed by atoms with Gasteiger partial charge in [-0.2, -0.15) is 13.5 Å². The largest absolute Gasteiger partial charge is 0.313 e. The summed E-state index contributed by atoms with van der Waals surface area (Å²) in [5.41, 5.74) is 2.10. The minimum Gasteiger partial charge on any atom is -0.313 e. The molecule has 2 aromatic heterocycles. The third-order valence-corrected chi connectivity index (χ3v) is 4.29. The van der Waals surface area contributed by atoms with E-state index in [1.165, 1.54) is 0 Å². The van der Waals surface area contributed by atoms with Crippen molar-refractivity contribution in [2.24, 2.45) is 0 Å². The van der Waals surface area contributed by atoms with Gasteiger partial charge in [-0.25, -0.2) is 4.98 Å². The number of hydrogen-bond donors (Lipinski definition) is 3. The molecule has 2 heterocycles. The van der Waals surface area contributed by atoms with Gasteiger partial charge in [-0.15, -0.1) is 0 Å². The third-order valence-electron chi connectivity index (χ3n) is 2.97. The molecular weight excluding hydrogens is 290 g/mol. The maximum absolute atomic E-state index is 12.4. The first-order valence-electron chi connectivity index (χ1n) is 6.65. The number of H-pyrrole nitrogens is 1. The summed E-state index contributed by atoms with van der Waals surface area (Å²) in [6.07, 6.45) is 0. The molecule has 0 radical (unpaired) electrons. The van der Waals surface area contributed by atoms with Crippen LogP contribution in [0.25, 0.3) is 0 Å². The molecule has 114 valence electrons. The van der Waals surface area contributed by atoms with Gasteiger partial charge in [-0.05, 0) is 32.5 Å². The molecule has 2 rings (SSSR count). The summed E-state index contributed by atoms with van der Waals surface area (Å²) in [5, 5.41) is 9.75. The molecule has 2 aromatic rings. The highest BCUT2D eigenvalue weighted by atomic mass is 32.2. The Kier molecular flexibility index (Phi) is 4.59. The molecule has 0 spiro atoms. The number of nitrogens with zero attached hydrogens (tertiary/aromatic N) is 2. The van der Waals surface area contributed by atoms with Crippen molar-refractivity contribution >= 4 is 15.8 Å². The lowest BCUT2D eigenvalue weighted by atomic mass is 10.2. The zero-order valence-electron chi connectivity index (χ0n) is 12.3. The predicted octanol–water partition coefficient (Wildman–Crippen LogP) is 1.33. The third kappa shape index (κ3) is 3.59. The van der Waals surface area contributed by atoms with Crippen molar-refractivity contribution < 1.29 is 8.42 Å². The van der Waals surface area contributed by atoms with Gasteiger partial charge in [0.25, 0.3) is 10.0 Å². The van der Waals surface area contributed by atoms with Gasteiger partial charge in [0.05, 0.1) is 0 Å². The maximum Gasteiger partial charge on any atom is 0.282 e. The minimum absolute atomic E-state index is 0.00394. The van der Waals surface area contributed by atoms with E-state index < -0.39 is 10.0 Å². The Bertz CT molecular complexity index is 724. The summed E-state index contributed by atoms with van der Waals surface area (Å²) in [6, 6.07) is 5.15. The van der Waals surface area contributed by atoms with Gasteiger partial charge in [-0.3, -0.25) is 9.82 Å². The molecule has 0 aliphatic rings. The van der Waals surface area contributed by atoms with Crippen molar-refractivity contribution in [3.05, 3.63) is 35.2 Å². The van der Waals surface area contributed by atoms with E-state index in [4.69, 9.17) is 0 Å². The van der Waals surface area contributed by atoms with Gasteiger partial charge in [0.15, 0.2) is 0 Å². The highest BCUT2D eigenvalue weighted by molar-refractivity contribution is 7.92. The van der Waals surface area contributed by atoms with Gasteiger partial charge in [0.2, 0.25) is 5.03 Å². The Morgan fingerprint density at radius 2 is 2.05 bits per heavy atom. The lowest BCUT2D eigenvalue weighted by molar-refractivity contribution is 0.594. The molecule has 0 unspecified atom stereocenters. The second kappa shape index (κ2) is 6.23. The fourth-order valence-electron chi connectivity index (χ4n) is 1.90. The van der Waals surface area contributed by atoms with Crippen molar-refractivity contribution in [3.63, 3.8) is 0 Å². The average molecular weight is 309 g/mol. The number of anilines is 1. The lowest BCUT2D eigenvalue weighted by Crippen LogP contribution is -2.19. The second-order valence-corrected chi connectivity index (χ2v) is 6.28. The fraction of sp³-hybridized carbons (Fsp3) is 0.385. The van der Waals surface area contributed by atoms with Crippen LogP contribution < -0.4 is 10.0 Å². The minimum atomic E-state index is -3.77. The van der Waals surface area contributed by atoms with Gasteiger partial charge in [0, 0.05) is 23.5 Å². The van der Waals surface area contributed by atoms with E-state index in [0.29, 0.717) is 12.1 Å². The first-order valence-corrected chi connectivity index (χ1v) is 8.13. The SMILES string of the molecule is CCNCc1c(S(=O)(=O)Nc2cccc(C)n2)n[nH]c1C. The first-order chi connectivity index (χ1) is 9.94. The molecule has 21 heavy (non-hydrogen) atoms. The lowest BCUT2D eigenvalue weighted by Gasteiger charge is -2.08. The number of aromatic amines is 1. The maximum atomic E-state index is 12.4. The number of rotatable bonds is 6. The topological polar surface area (TPSA) is 99.8 Å². The van der Waals surface area contributed by atoms with Crippen molar-refractivity contribution in [2.75, 3.05) is 11.3 Å². The van der Waals surface area contributed by atoms with Crippen molar-refractivity contribution in [1.82, 2.24) is 20.5 Å². The molecule has 3 N–H and O–H groups in total. The van der Waals surface area contributed by atoms with Crippen LogP contribution in [0.1, 0.15) is 23.9 Å². The smallest absolute Gasteiger partial charge is 0.282 e. The van der Waals surface area contributed by atoms with Crippen molar-refractivity contribution in [1.29, 1.82) is 0 Å². The molecule has 0 saturated heterocycles. The van der Waals surface area contributed by atoms with Crippen LogP contribution in [-0.4, -0.2) is 30.1 Å². The molecule has 0 aromatic carbocycles. The first kappa shape index (κ1) is 15.5. The Morgan fingerprint density at radius 3 is 2.71 bits per heavy atom.